The van der Waals surface area contributed by atoms with E-state index in [2.05, 4.69) is 10.3 Å². The molecule has 2 heterocycles. The van der Waals surface area contributed by atoms with Crippen LogP contribution in [-0.2, 0) is 11.3 Å². The van der Waals surface area contributed by atoms with Gasteiger partial charge in [0.1, 0.15) is 11.3 Å². The van der Waals surface area contributed by atoms with E-state index in [4.69, 9.17) is 16.3 Å². The molecule has 0 aliphatic carbocycles. The van der Waals surface area contributed by atoms with Crippen molar-refractivity contribution in [3.05, 3.63) is 16.7 Å². The molecule has 0 radical (unpaired) electrons. The first kappa shape index (κ1) is 20.2. The van der Waals surface area contributed by atoms with Gasteiger partial charge in [0.2, 0.25) is 0 Å². The molecule has 26 heavy (non-hydrogen) atoms. The predicted octanol–water partition coefficient (Wildman–Crippen LogP) is 2.50. The van der Waals surface area contributed by atoms with Crippen LogP contribution in [0, 0.1) is 0 Å². The lowest BCUT2D eigenvalue weighted by molar-refractivity contribution is 0.00528. The molecule has 1 N–H and O–H groups in total. The molecule has 8 nitrogen and oxygen atoms in total. The number of nitrogens with one attached hydrogen (secondary N) is 1. The minimum Gasteiger partial charge on any atom is -0.444 e. The fourth-order valence-electron chi connectivity index (χ4n) is 2.59. The maximum absolute atomic E-state index is 12.6. The summed E-state index contributed by atoms with van der Waals surface area (Å²) in [5.41, 5.74) is -0.381. The van der Waals surface area contributed by atoms with Crippen molar-refractivity contribution < 1.29 is 19.1 Å². The molecule has 2 amide bonds. The summed E-state index contributed by atoms with van der Waals surface area (Å²) in [6.45, 7) is 8.63. The van der Waals surface area contributed by atoms with Crippen LogP contribution >= 0.6 is 11.6 Å². The average Bonchev–Trinajstić information content (AvgIpc) is 2.81. The van der Waals surface area contributed by atoms with Crippen LogP contribution in [0.3, 0.4) is 0 Å². The van der Waals surface area contributed by atoms with Crippen molar-refractivity contribution in [1.82, 2.24) is 19.8 Å². The Morgan fingerprint density at radius 3 is 2.58 bits per heavy atom. The van der Waals surface area contributed by atoms with Crippen molar-refractivity contribution in [2.24, 2.45) is 0 Å². The molecule has 1 aliphatic rings. The van der Waals surface area contributed by atoms with Gasteiger partial charge in [0.15, 0.2) is 17.3 Å². The smallest absolute Gasteiger partial charge is 0.410 e. The van der Waals surface area contributed by atoms with Crippen molar-refractivity contribution in [2.75, 3.05) is 13.1 Å². The molecule has 0 atom stereocenters. The number of carbonyl (C=O) groups is 3. The third kappa shape index (κ3) is 4.75. The summed E-state index contributed by atoms with van der Waals surface area (Å²) in [5.74, 6) is -0.266. The molecule has 0 aromatic carbocycles. The lowest BCUT2D eigenvalue weighted by Gasteiger charge is -2.39. The van der Waals surface area contributed by atoms with E-state index in [1.807, 2.05) is 6.92 Å². The number of ether oxygens (including phenoxy) is 1. The summed E-state index contributed by atoms with van der Waals surface area (Å²) in [4.78, 5) is 41.1. The summed E-state index contributed by atoms with van der Waals surface area (Å²) in [5, 5.41) is 2.83. The lowest BCUT2D eigenvalue weighted by atomic mass is 10.1. The van der Waals surface area contributed by atoms with E-state index >= 15 is 0 Å². The Labute approximate surface area is 157 Å². The lowest BCUT2D eigenvalue weighted by Crippen LogP contribution is -2.61. The van der Waals surface area contributed by atoms with Gasteiger partial charge in [-0.25, -0.2) is 9.78 Å². The molecule has 0 saturated carbocycles. The highest BCUT2D eigenvalue weighted by molar-refractivity contribution is 6.32. The zero-order valence-electron chi connectivity index (χ0n) is 15.5. The number of rotatable bonds is 6. The number of unbranched alkanes of at least 4 members (excludes halogenated alkanes) is 1. The maximum Gasteiger partial charge on any atom is 0.410 e. The highest BCUT2D eigenvalue weighted by Gasteiger charge is 2.35. The van der Waals surface area contributed by atoms with Gasteiger partial charge in [0, 0.05) is 19.6 Å². The fraction of sp³-hybridized carbons (Fsp3) is 0.647. The first-order valence-corrected chi connectivity index (χ1v) is 9.04. The normalized spacial score (nSPS) is 14.7. The second kappa shape index (κ2) is 8.07. The van der Waals surface area contributed by atoms with Crippen molar-refractivity contribution >= 4 is 29.9 Å². The summed E-state index contributed by atoms with van der Waals surface area (Å²) in [6.07, 6.45) is 1.88. The number of hydrogen-bond acceptors (Lipinski definition) is 5. The SMILES string of the molecule is CCCCn1c(C=O)nc(Cl)c1C(=O)NC1CN(C(=O)OC(C)(C)C)C1. The molecular weight excluding hydrogens is 360 g/mol. The highest BCUT2D eigenvalue weighted by Crippen LogP contribution is 2.20. The molecule has 9 heteroatoms. The van der Waals surface area contributed by atoms with Gasteiger partial charge in [-0.15, -0.1) is 0 Å². The Morgan fingerprint density at radius 1 is 1.38 bits per heavy atom. The van der Waals surface area contributed by atoms with Gasteiger partial charge in [0.25, 0.3) is 5.91 Å². The number of imidazole rings is 1. The van der Waals surface area contributed by atoms with E-state index in [0.29, 0.717) is 25.9 Å². The number of halogens is 1. The quantitative estimate of drug-likeness (QED) is 0.760. The number of nitrogens with zero attached hydrogens (tertiary/aromatic N) is 3. The van der Waals surface area contributed by atoms with E-state index in [1.54, 1.807) is 25.3 Å². The molecule has 1 aliphatic heterocycles. The molecule has 1 aromatic rings. The van der Waals surface area contributed by atoms with Crippen LogP contribution in [0.4, 0.5) is 4.79 Å². The largest absolute Gasteiger partial charge is 0.444 e. The third-order valence-electron chi connectivity index (χ3n) is 3.88. The van der Waals surface area contributed by atoms with Crippen molar-refractivity contribution in [3.63, 3.8) is 0 Å². The van der Waals surface area contributed by atoms with Crippen LogP contribution in [0.25, 0.3) is 0 Å². The van der Waals surface area contributed by atoms with E-state index in [1.165, 1.54) is 4.90 Å². The van der Waals surface area contributed by atoms with E-state index in [0.717, 1.165) is 12.8 Å². The fourth-order valence-corrected chi connectivity index (χ4v) is 2.86. The minimum atomic E-state index is -0.560. The standard InChI is InChI=1S/C17H25ClN4O4/c1-5-6-7-22-12(10-23)20-14(18)13(22)15(24)19-11-8-21(9-11)16(25)26-17(2,3)4/h10-11H,5-9H2,1-4H3,(H,19,24). The van der Waals surface area contributed by atoms with Crippen molar-refractivity contribution in [1.29, 1.82) is 0 Å². The molecule has 1 aromatic heterocycles. The number of carbonyl (C=O) groups excluding carboxylic acids is 3. The van der Waals surface area contributed by atoms with Gasteiger partial charge < -0.3 is 19.5 Å². The van der Waals surface area contributed by atoms with Crippen molar-refractivity contribution in [3.8, 4) is 0 Å². The zero-order chi connectivity index (χ0) is 19.5. The molecule has 144 valence electrons. The van der Waals surface area contributed by atoms with E-state index < -0.39 is 17.6 Å². The van der Waals surface area contributed by atoms with Gasteiger partial charge in [-0.1, -0.05) is 24.9 Å². The Morgan fingerprint density at radius 2 is 2.04 bits per heavy atom. The minimum absolute atomic E-state index is 0.00373. The predicted molar refractivity (Wildman–Crippen MR) is 96.6 cm³/mol. The van der Waals surface area contributed by atoms with Crippen LogP contribution in [0.2, 0.25) is 5.15 Å². The first-order valence-electron chi connectivity index (χ1n) is 8.66. The number of aldehydes is 1. The summed E-state index contributed by atoms with van der Waals surface area (Å²) in [7, 11) is 0. The third-order valence-corrected chi connectivity index (χ3v) is 4.14. The summed E-state index contributed by atoms with van der Waals surface area (Å²) >= 11 is 6.06. The molecule has 2 rings (SSSR count). The topological polar surface area (TPSA) is 93.5 Å². The second-order valence-corrected chi connectivity index (χ2v) is 7.65. The number of aromatic nitrogens is 2. The summed E-state index contributed by atoms with van der Waals surface area (Å²) < 4.78 is 6.82. The van der Waals surface area contributed by atoms with Crippen LogP contribution in [0.1, 0.15) is 61.6 Å². The Balaban J connectivity index is 1.98. The number of amides is 2. The number of hydrogen-bond donors (Lipinski definition) is 1. The Kier molecular flexibility index (Phi) is 6.28. The van der Waals surface area contributed by atoms with Gasteiger partial charge in [-0.2, -0.15) is 0 Å². The molecule has 0 bridgehead atoms. The van der Waals surface area contributed by atoms with E-state index in [9.17, 15) is 14.4 Å². The van der Waals surface area contributed by atoms with Gasteiger partial charge in [-0.3, -0.25) is 9.59 Å². The highest BCUT2D eigenvalue weighted by atomic mass is 35.5. The average molecular weight is 385 g/mol. The second-order valence-electron chi connectivity index (χ2n) is 7.29. The van der Waals surface area contributed by atoms with Crippen LogP contribution in [-0.4, -0.2) is 57.5 Å². The first-order chi connectivity index (χ1) is 12.2. The Hall–Kier alpha value is -2.09. The van der Waals surface area contributed by atoms with Gasteiger partial charge in [0.05, 0.1) is 6.04 Å². The molecule has 1 fully saturated rings. The molecular formula is C17H25ClN4O4. The molecule has 0 spiro atoms. The van der Waals surface area contributed by atoms with E-state index in [-0.39, 0.29) is 22.7 Å². The molecule has 1 saturated heterocycles. The maximum atomic E-state index is 12.6. The van der Waals surface area contributed by atoms with Gasteiger partial charge >= 0.3 is 6.09 Å². The molecule has 0 unspecified atom stereocenters. The zero-order valence-corrected chi connectivity index (χ0v) is 16.3. The monoisotopic (exact) mass is 384 g/mol. The van der Waals surface area contributed by atoms with Crippen LogP contribution < -0.4 is 5.32 Å². The summed E-state index contributed by atoms with van der Waals surface area (Å²) in [6, 6.07) is -0.194. The van der Waals surface area contributed by atoms with Crippen LogP contribution in [0.15, 0.2) is 0 Å². The van der Waals surface area contributed by atoms with Crippen molar-refractivity contribution in [2.45, 2.75) is 58.7 Å². The van der Waals surface area contributed by atoms with Crippen LogP contribution in [0.5, 0.6) is 0 Å². The van der Waals surface area contributed by atoms with Gasteiger partial charge in [-0.05, 0) is 27.2 Å². The Bertz CT molecular complexity index is 690. The number of likely N-dealkylation sites (tertiary alicyclic amines) is 1.